The summed E-state index contributed by atoms with van der Waals surface area (Å²) in [7, 11) is 2.10. The average Bonchev–Trinajstić information content (AvgIpc) is 2.81. The quantitative estimate of drug-likeness (QED) is 0.658. The van der Waals surface area contributed by atoms with Crippen LogP contribution in [0.1, 0.15) is 6.42 Å². The van der Waals surface area contributed by atoms with Crippen molar-refractivity contribution in [3.8, 4) is 0 Å². The molecule has 1 aliphatic rings. The summed E-state index contributed by atoms with van der Waals surface area (Å²) in [5.41, 5.74) is 0. The van der Waals surface area contributed by atoms with Crippen LogP contribution in [-0.4, -0.2) is 42.4 Å². The number of halogens is 1. The van der Waals surface area contributed by atoms with Crippen molar-refractivity contribution in [2.75, 3.05) is 31.3 Å². The Morgan fingerprint density at radius 3 is 3.00 bits per heavy atom. The fourth-order valence-corrected chi connectivity index (χ4v) is 2.13. The van der Waals surface area contributed by atoms with Crippen LogP contribution in [0.3, 0.4) is 0 Å². The lowest BCUT2D eigenvalue weighted by Gasteiger charge is -2.24. The highest BCUT2D eigenvalue weighted by molar-refractivity contribution is 7.98. The summed E-state index contributed by atoms with van der Waals surface area (Å²) in [5, 5.41) is 4.20. The first kappa shape index (κ1) is 13.5. The maximum absolute atomic E-state index is 4.49. The average molecular weight is 261 g/mol. The van der Waals surface area contributed by atoms with Gasteiger partial charge in [0.25, 0.3) is 0 Å². The minimum absolute atomic E-state index is 0. The molecule has 0 spiro atoms. The van der Waals surface area contributed by atoms with Crippen molar-refractivity contribution < 1.29 is 0 Å². The normalized spacial score (nSPS) is 19.2. The molecule has 90 valence electrons. The summed E-state index contributed by atoms with van der Waals surface area (Å²) in [6.07, 6.45) is 5.01. The summed E-state index contributed by atoms with van der Waals surface area (Å²) >= 11 is 1.58. The molecule has 0 aromatic carbocycles. The number of hydrogen-bond donors (Lipinski definition) is 1. The van der Waals surface area contributed by atoms with Crippen LogP contribution in [0.2, 0.25) is 0 Å². The highest BCUT2D eigenvalue weighted by atomic mass is 35.5. The monoisotopic (exact) mass is 260 g/mol. The third-order valence-corrected chi connectivity index (χ3v) is 3.31. The van der Waals surface area contributed by atoms with Gasteiger partial charge in [0.2, 0.25) is 0 Å². The first-order valence-electron chi connectivity index (χ1n) is 5.12. The van der Waals surface area contributed by atoms with Gasteiger partial charge in [-0.25, -0.2) is 9.97 Å². The Balaban J connectivity index is 0.00000128. The van der Waals surface area contributed by atoms with Crippen molar-refractivity contribution in [3.63, 3.8) is 0 Å². The summed E-state index contributed by atoms with van der Waals surface area (Å²) in [6, 6.07) is 2.53. The molecule has 0 aliphatic carbocycles. The number of hydrogen-bond acceptors (Lipinski definition) is 5. The first-order valence-corrected chi connectivity index (χ1v) is 6.34. The molecule has 1 fully saturated rings. The molecule has 1 aromatic heterocycles. The van der Waals surface area contributed by atoms with E-state index in [-0.39, 0.29) is 12.4 Å². The van der Waals surface area contributed by atoms with Gasteiger partial charge in [0, 0.05) is 25.8 Å². The van der Waals surface area contributed by atoms with E-state index in [1.165, 1.54) is 6.42 Å². The van der Waals surface area contributed by atoms with Crippen molar-refractivity contribution in [1.29, 1.82) is 0 Å². The first-order chi connectivity index (χ1) is 7.31. The lowest BCUT2D eigenvalue weighted by Crippen LogP contribution is -2.33. The molecule has 1 aromatic rings. The van der Waals surface area contributed by atoms with Gasteiger partial charge in [-0.15, -0.1) is 12.4 Å². The predicted molar refractivity (Wildman–Crippen MR) is 70.7 cm³/mol. The van der Waals surface area contributed by atoms with E-state index in [1.54, 1.807) is 11.8 Å². The molecule has 2 heterocycles. The minimum atomic E-state index is 0. The number of thioether (sulfide) groups is 1. The number of aromatic nitrogens is 2. The topological polar surface area (TPSA) is 41.1 Å². The fraction of sp³-hybridized carbons (Fsp3) is 0.600. The molecule has 16 heavy (non-hydrogen) atoms. The van der Waals surface area contributed by atoms with Crippen molar-refractivity contribution in [2.45, 2.75) is 17.6 Å². The van der Waals surface area contributed by atoms with Crippen molar-refractivity contribution >= 4 is 30.0 Å². The highest BCUT2D eigenvalue weighted by Crippen LogP contribution is 2.17. The van der Waals surface area contributed by atoms with Gasteiger partial charge in [0.05, 0.1) is 0 Å². The Bertz CT molecular complexity index is 330. The van der Waals surface area contributed by atoms with E-state index in [9.17, 15) is 0 Å². The standard InChI is InChI=1S/C10H16N4S.ClH/c1-14(8-3-5-11-7-8)9-4-6-12-10(13-9)15-2;/h4,6,8,11H,3,5,7H2,1-2H3;1H/t8-;/m0./s1. The van der Waals surface area contributed by atoms with Gasteiger partial charge in [-0.3, -0.25) is 0 Å². The molecule has 0 saturated carbocycles. The van der Waals surface area contributed by atoms with Crippen LogP contribution in [0.5, 0.6) is 0 Å². The Morgan fingerprint density at radius 1 is 1.56 bits per heavy atom. The number of nitrogens with one attached hydrogen (secondary N) is 1. The van der Waals surface area contributed by atoms with Crippen LogP contribution < -0.4 is 10.2 Å². The SMILES string of the molecule is CSc1nccc(N(C)[C@H]2CCNC2)n1.Cl. The van der Waals surface area contributed by atoms with Gasteiger partial charge in [0.15, 0.2) is 5.16 Å². The summed E-state index contributed by atoms with van der Waals surface area (Å²) in [4.78, 5) is 10.9. The molecule has 0 radical (unpaired) electrons. The highest BCUT2D eigenvalue weighted by Gasteiger charge is 2.20. The molecule has 0 amide bonds. The molecule has 6 heteroatoms. The van der Waals surface area contributed by atoms with Gasteiger partial charge < -0.3 is 10.2 Å². The fourth-order valence-electron chi connectivity index (χ4n) is 1.78. The number of nitrogens with zero attached hydrogens (tertiary/aromatic N) is 3. The summed E-state index contributed by atoms with van der Waals surface area (Å²) < 4.78 is 0. The zero-order valence-corrected chi connectivity index (χ0v) is 11.1. The second kappa shape index (κ2) is 6.27. The van der Waals surface area contributed by atoms with E-state index in [0.29, 0.717) is 6.04 Å². The molecule has 0 unspecified atom stereocenters. The zero-order chi connectivity index (χ0) is 10.7. The maximum Gasteiger partial charge on any atom is 0.189 e. The van der Waals surface area contributed by atoms with Gasteiger partial charge in [-0.05, 0) is 25.3 Å². The lowest BCUT2D eigenvalue weighted by atomic mass is 10.2. The van der Waals surface area contributed by atoms with Gasteiger partial charge in [-0.2, -0.15) is 0 Å². The predicted octanol–water partition coefficient (Wildman–Crippen LogP) is 1.42. The van der Waals surface area contributed by atoms with E-state index >= 15 is 0 Å². The van der Waals surface area contributed by atoms with Crippen LogP contribution in [0.4, 0.5) is 5.82 Å². The largest absolute Gasteiger partial charge is 0.355 e. The molecule has 4 nitrogen and oxygen atoms in total. The number of anilines is 1. The molecule has 1 aliphatic heterocycles. The third kappa shape index (κ3) is 2.99. The molecular formula is C10H17ClN4S. The van der Waals surface area contributed by atoms with Crippen LogP contribution in [-0.2, 0) is 0 Å². The Labute approximate surface area is 107 Å². The molecule has 1 saturated heterocycles. The minimum Gasteiger partial charge on any atom is -0.355 e. The van der Waals surface area contributed by atoms with Crippen LogP contribution >= 0.6 is 24.2 Å². The Kier molecular flexibility index (Phi) is 5.31. The van der Waals surface area contributed by atoms with Gasteiger partial charge in [0.1, 0.15) is 5.82 Å². The van der Waals surface area contributed by atoms with Crippen molar-refractivity contribution in [3.05, 3.63) is 12.3 Å². The zero-order valence-electron chi connectivity index (χ0n) is 9.51. The summed E-state index contributed by atoms with van der Waals surface area (Å²) in [5.74, 6) is 1.02. The molecular weight excluding hydrogens is 244 g/mol. The molecule has 1 N–H and O–H groups in total. The Hall–Kier alpha value is -0.520. The van der Waals surface area contributed by atoms with Crippen LogP contribution in [0, 0.1) is 0 Å². The van der Waals surface area contributed by atoms with Gasteiger partial charge in [-0.1, -0.05) is 11.8 Å². The maximum atomic E-state index is 4.49. The third-order valence-electron chi connectivity index (χ3n) is 2.74. The van der Waals surface area contributed by atoms with Crippen LogP contribution in [0.25, 0.3) is 0 Å². The lowest BCUT2D eigenvalue weighted by molar-refractivity contribution is 0.672. The van der Waals surface area contributed by atoms with E-state index in [0.717, 1.165) is 24.1 Å². The molecule has 2 rings (SSSR count). The Morgan fingerprint density at radius 2 is 2.38 bits per heavy atom. The smallest absolute Gasteiger partial charge is 0.189 e. The molecule has 0 bridgehead atoms. The van der Waals surface area contributed by atoms with Gasteiger partial charge >= 0.3 is 0 Å². The second-order valence-corrected chi connectivity index (χ2v) is 4.43. The second-order valence-electron chi connectivity index (χ2n) is 3.66. The number of rotatable bonds is 3. The van der Waals surface area contributed by atoms with Crippen LogP contribution in [0.15, 0.2) is 17.4 Å². The van der Waals surface area contributed by atoms with E-state index in [2.05, 4.69) is 27.2 Å². The molecule has 1 atom stereocenters. The van der Waals surface area contributed by atoms with E-state index < -0.39 is 0 Å². The van der Waals surface area contributed by atoms with E-state index in [1.807, 2.05) is 18.5 Å². The summed E-state index contributed by atoms with van der Waals surface area (Å²) in [6.45, 7) is 2.16. The van der Waals surface area contributed by atoms with E-state index in [4.69, 9.17) is 0 Å². The van der Waals surface area contributed by atoms with Crippen molar-refractivity contribution in [1.82, 2.24) is 15.3 Å². The number of likely N-dealkylation sites (N-methyl/N-ethyl adjacent to an activating group) is 1. The van der Waals surface area contributed by atoms with Crippen molar-refractivity contribution in [2.24, 2.45) is 0 Å².